The number of nitrogens with zero attached hydrogens (tertiary/aromatic N) is 3. The summed E-state index contributed by atoms with van der Waals surface area (Å²) in [5.41, 5.74) is 1.23. The normalized spacial score (nSPS) is 21.1. The van der Waals surface area contributed by atoms with Gasteiger partial charge in [0.2, 0.25) is 5.91 Å². The van der Waals surface area contributed by atoms with E-state index >= 15 is 0 Å². The maximum absolute atomic E-state index is 12.9. The molecule has 2 heterocycles. The molecule has 26 heavy (non-hydrogen) atoms. The molecule has 2 saturated heterocycles. The van der Waals surface area contributed by atoms with Crippen molar-refractivity contribution in [1.82, 2.24) is 20.0 Å². The Kier molecular flexibility index (Phi) is 7.29. The van der Waals surface area contributed by atoms with Crippen LogP contribution in [0.2, 0.25) is 0 Å². The van der Waals surface area contributed by atoms with Gasteiger partial charge >= 0.3 is 6.03 Å². The number of rotatable bonds is 2. The lowest BCUT2D eigenvalue weighted by molar-refractivity contribution is -0.138. The predicted octanol–water partition coefficient (Wildman–Crippen LogP) is 1.97. The zero-order valence-electron chi connectivity index (χ0n) is 15.6. The highest BCUT2D eigenvalue weighted by molar-refractivity contribution is 5.85. The van der Waals surface area contributed by atoms with Gasteiger partial charge in [-0.2, -0.15) is 0 Å². The van der Waals surface area contributed by atoms with Crippen LogP contribution in [0, 0.1) is 5.92 Å². The topological polar surface area (TPSA) is 55.9 Å². The molecule has 144 valence electrons. The van der Waals surface area contributed by atoms with Crippen LogP contribution in [-0.4, -0.2) is 73.5 Å². The van der Waals surface area contributed by atoms with Crippen LogP contribution in [0.3, 0.4) is 0 Å². The monoisotopic (exact) mass is 380 g/mol. The Balaban J connectivity index is 0.00000243. The molecule has 2 fully saturated rings. The van der Waals surface area contributed by atoms with E-state index in [0.29, 0.717) is 13.1 Å². The van der Waals surface area contributed by atoms with E-state index in [0.717, 1.165) is 32.5 Å². The molecule has 1 aromatic rings. The van der Waals surface area contributed by atoms with Crippen molar-refractivity contribution in [2.45, 2.75) is 18.9 Å². The zero-order valence-corrected chi connectivity index (χ0v) is 16.4. The standard InChI is InChI=1S/C19H28N4O2.ClH/c1-21(2)19(25)22-11-8-16(9-12-22)18(24)23-13-10-20-17(14-23)15-6-4-3-5-7-15;/h3-7,16-17,20H,8-14H2,1-2H3;1H. The minimum absolute atomic E-state index is 0. The molecule has 0 radical (unpaired) electrons. The van der Waals surface area contributed by atoms with Gasteiger partial charge in [0.25, 0.3) is 0 Å². The Morgan fingerprint density at radius 1 is 1.04 bits per heavy atom. The van der Waals surface area contributed by atoms with Gasteiger partial charge in [0.1, 0.15) is 0 Å². The van der Waals surface area contributed by atoms with Crippen molar-refractivity contribution in [3.63, 3.8) is 0 Å². The molecule has 7 heteroatoms. The van der Waals surface area contributed by atoms with E-state index in [1.165, 1.54) is 5.56 Å². The molecule has 0 bridgehead atoms. The first-order chi connectivity index (χ1) is 12.1. The van der Waals surface area contributed by atoms with E-state index in [4.69, 9.17) is 0 Å². The lowest BCUT2D eigenvalue weighted by atomic mass is 9.94. The highest BCUT2D eigenvalue weighted by atomic mass is 35.5. The average molecular weight is 381 g/mol. The number of halogens is 1. The first kappa shape index (κ1) is 20.5. The third kappa shape index (κ3) is 4.68. The summed E-state index contributed by atoms with van der Waals surface area (Å²) < 4.78 is 0. The summed E-state index contributed by atoms with van der Waals surface area (Å²) >= 11 is 0. The molecule has 0 aliphatic carbocycles. The summed E-state index contributed by atoms with van der Waals surface area (Å²) in [6.07, 6.45) is 1.52. The molecule has 0 spiro atoms. The number of piperazine rings is 1. The molecule has 3 rings (SSSR count). The smallest absolute Gasteiger partial charge is 0.319 e. The fraction of sp³-hybridized carbons (Fsp3) is 0.579. The minimum Gasteiger partial charge on any atom is -0.339 e. The quantitative estimate of drug-likeness (QED) is 0.853. The Morgan fingerprint density at radius 2 is 1.69 bits per heavy atom. The van der Waals surface area contributed by atoms with E-state index in [1.807, 2.05) is 28.0 Å². The van der Waals surface area contributed by atoms with Crippen LogP contribution in [0.5, 0.6) is 0 Å². The van der Waals surface area contributed by atoms with Crippen LogP contribution in [0.1, 0.15) is 24.4 Å². The summed E-state index contributed by atoms with van der Waals surface area (Å²) in [6, 6.07) is 10.5. The van der Waals surface area contributed by atoms with Crippen molar-refractivity contribution in [3.05, 3.63) is 35.9 Å². The molecule has 1 N–H and O–H groups in total. The van der Waals surface area contributed by atoms with Gasteiger partial charge < -0.3 is 20.0 Å². The van der Waals surface area contributed by atoms with Crippen molar-refractivity contribution in [1.29, 1.82) is 0 Å². The highest BCUT2D eigenvalue weighted by Crippen LogP contribution is 2.23. The van der Waals surface area contributed by atoms with Crippen LogP contribution in [0.25, 0.3) is 0 Å². The number of benzene rings is 1. The summed E-state index contributed by atoms with van der Waals surface area (Å²) in [5.74, 6) is 0.292. The van der Waals surface area contributed by atoms with Gasteiger partial charge in [-0.05, 0) is 18.4 Å². The molecule has 1 unspecified atom stereocenters. The van der Waals surface area contributed by atoms with Crippen molar-refractivity contribution in [3.8, 4) is 0 Å². The van der Waals surface area contributed by atoms with Crippen molar-refractivity contribution in [2.24, 2.45) is 5.92 Å². The summed E-state index contributed by atoms with van der Waals surface area (Å²) in [4.78, 5) is 30.4. The zero-order chi connectivity index (χ0) is 17.8. The third-order valence-corrected chi connectivity index (χ3v) is 5.19. The second-order valence-corrected chi connectivity index (χ2v) is 7.14. The molecule has 3 amide bonds. The Morgan fingerprint density at radius 3 is 2.31 bits per heavy atom. The van der Waals surface area contributed by atoms with Gasteiger partial charge in [-0.25, -0.2) is 4.79 Å². The number of hydrogen-bond donors (Lipinski definition) is 1. The van der Waals surface area contributed by atoms with Gasteiger partial charge in [-0.3, -0.25) is 4.79 Å². The lowest BCUT2D eigenvalue weighted by Gasteiger charge is -2.38. The van der Waals surface area contributed by atoms with Crippen molar-refractivity contribution in [2.75, 3.05) is 46.8 Å². The number of piperidine rings is 1. The van der Waals surface area contributed by atoms with Crippen molar-refractivity contribution >= 4 is 24.3 Å². The Labute approximate surface area is 161 Å². The van der Waals surface area contributed by atoms with Crippen LogP contribution >= 0.6 is 12.4 Å². The van der Waals surface area contributed by atoms with E-state index in [2.05, 4.69) is 17.4 Å². The van der Waals surface area contributed by atoms with Crippen LogP contribution in [-0.2, 0) is 4.79 Å². The van der Waals surface area contributed by atoms with Gasteiger partial charge in [-0.15, -0.1) is 12.4 Å². The number of carbonyl (C=O) groups is 2. The van der Waals surface area contributed by atoms with Crippen LogP contribution in [0.15, 0.2) is 30.3 Å². The highest BCUT2D eigenvalue weighted by Gasteiger charge is 2.32. The first-order valence-corrected chi connectivity index (χ1v) is 9.09. The number of likely N-dealkylation sites (tertiary alicyclic amines) is 1. The molecule has 0 saturated carbocycles. The van der Waals surface area contributed by atoms with Crippen LogP contribution in [0.4, 0.5) is 4.79 Å². The molecule has 2 aliphatic heterocycles. The maximum atomic E-state index is 12.9. The van der Waals surface area contributed by atoms with E-state index in [-0.39, 0.29) is 36.3 Å². The SMILES string of the molecule is CN(C)C(=O)N1CCC(C(=O)N2CCNC(c3ccccc3)C2)CC1.Cl. The van der Waals surface area contributed by atoms with Crippen molar-refractivity contribution < 1.29 is 9.59 Å². The first-order valence-electron chi connectivity index (χ1n) is 9.09. The number of nitrogens with one attached hydrogen (secondary N) is 1. The van der Waals surface area contributed by atoms with E-state index in [9.17, 15) is 9.59 Å². The number of urea groups is 1. The largest absolute Gasteiger partial charge is 0.339 e. The Hall–Kier alpha value is -1.79. The van der Waals surface area contributed by atoms with Gasteiger partial charge in [-0.1, -0.05) is 30.3 Å². The number of amides is 3. The third-order valence-electron chi connectivity index (χ3n) is 5.19. The van der Waals surface area contributed by atoms with Gasteiger partial charge in [0, 0.05) is 58.8 Å². The Bertz CT molecular complexity index is 603. The number of hydrogen-bond acceptors (Lipinski definition) is 3. The molecule has 1 aromatic carbocycles. The van der Waals surface area contributed by atoms with Crippen LogP contribution < -0.4 is 5.32 Å². The summed E-state index contributed by atoms with van der Waals surface area (Å²) in [7, 11) is 3.54. The average Bonchev–Trinajstić information content (AvgIpc) is 2.67. The molecule has 1 atom stereocenters. The number of carbonyl (C=O) groups excluding carboxylic acids is 2. The molecular weight excluding hydrogens is 352 g/mol. The second-order valence-electron chi connectivity index (χ2n) is 7.14. The lowest BCUT2D eigenvalue weighted by Crippen LogP contribution is -2.52. The minimum atomic E-state index is 0. The molecule has 0 aromatic heterocycles. The fourth-order valence-electron chi connectivity index (χ4n) is 3.72. The second kappa shape index (κ2) is 9.24. The predicted molar refractivity (Wildman–Crippen MR) is 104 cm³/mol. The van der Waals surface area contributed by atoms with Gasteiger partial charge in [0.05, 0.1) is 0 Å². The molecular formula is C19H29ClN4O2. The summed E-state index contributed by atoms with van der Waals surface area (Å²) in [6.45, 7) is 3.64. The van der Waals surface area contributed by atoms with Gasteiger partial charge in [0.15, 0.2) is 0 Å². The fourth-order valence-corrected chi connectivity index (χ4v) is 3.72. The molecule has 2 aliphatic rings. The maximum Gasteiger partial charge on any atom is 0.319 e. The molecule has 6 nitrogen and oxygen atoms in total. The van der Waals surface area contributed by atoms with E-state index in [1.54, 1.807) is 19.0 Å². The summed E-state index contributed by atoms with van der Waals surface area (Å²) in [5, 5.41) is 3.51. The van der Waals surface area contributed by atoms with E-state index < -0.39 is 0 Å².